The van der Waals surface area contributed by atoms with Crippen LogP contribution in [0, 0.1) is 0 Å². The van der Waals surface area contributed by atoms with Gasteiger partial charge in [0, 0.05) is 6.54 Å². The quantitative estimate of drug-likeness (QED) is 0.765. The van der Waals surface area contributed by atoms with E-state index < -0.39 is 0 Å². The van der Waals surface area contributed by atoms with Crippen molar-refractivity contribution in [2.75, 3.05) is 34.5 Å². The molecule has 150 valence electrons. The van der Waals surface area contributed by atoms with Crippen molar-refractivity contribution >= 4 is 6.03 Å². The zero-order valence-electron chi connectivity index (χ0n) is 16.4. The van der Waals surface area contributed by atoms with Crippen LogP contribution in [-0.2, 0) is 12.8 Å². The normalized spacial score (nSPS) is 15.0. The standard InChI is InChI=1S/C21H26N2O5/c1-25-17-5-7-18-15(12-17)11-16(13-28-18)23-21(24)22-9-8-14-4-6-19(26-2)20(10-14)27-3/h4-7,10,12,16H,8-9,11,13H2,1-3H3,(H2,22,23,24)/t16-/m0/s1. The average molecular weight is 386 g/mol. The molecule has 0 saturated carbocycles. The minimum atomic E-state index is -0.208. The first-order chi connectivity index (χ1) is 13.6. The maximum atomic E-state index is 12.2. The molecule has 2 aromatic rings. The molecule has 0 radical (unpaired) electrons. The van der Waals surface area contributed by atoms with Crippen molar-refractivity contribution in [2.45, 2.75) is 18.9 Å². The topological polar surface area (TPSA) is 78.1 Å². The molecule has 0 aromatic heterocycles. The van der Waals surface area contributed by atoms with Gasteiger partial charge in [0.25, 0.3) is 0 Å². The third kappa shape index (κ3) is 4.79. The SMILES string of the molecule is COc1ccc2c(c1)C[C@H](NC(=O)NCCc1ccc(OC)c(OC)c1)CO2. The molecule has 0 fully saturated rings. The molecule has 2 aromatic carbocycles. The van der Waals surface area contributed by atoms with E-state index in [1.54, 1.807) is 21.3 Å². The number of hydrogen-bond acceptors (Lipinski definition) is 5. The maximum Gasteiger partial charge on any atom is 0.315 e. The van der Waals surface area contributed by atoms with Crippen molar-refractivity contribution in [1.82, 2.24) is 10.6 Å². The molecule has 1 heterocycles. The van der Waals surface area contributed by atoms with Crippen LogP contribution in [-0.4, -0.2) is 46.6 Å². The van der Waals surface area contributed by atoms with Gasteiger partial charge in [-0.15, -0.1) is 0 Å². The van der Waals surface area contributed by atoms with E-state index in [0.29, 0.717) is 37.5 Å². The number of amides is 2. The van der Waals surface area contributed by atoms with E-state index in [2.05, 4.69) is 10.6 Å². The molecular weight excluding hydrogens is 360 g/mol. The van der Waals surface area contributed by atoms with Gasteiger partial charge < -0.3 is 29.6 Å². The van der Waals surface area contributed by atoms with Crippen LogP contribution < -0.4 is 29.6 Å². The molecule has 0 spiro atoms. The third-order valence-corrected chi connectivity index (χ3v) is 4.66. The Bertz CT molecular complexity index is 824. The molecule has 1 atom stereocenters. The summed E-state index contributed by atoms with van der Waals surface area (Å²) in [7, 11) is 4.84. The van der Waals surface area contributed by atoms with Crippen LogP contribution >= 0.6 is 0 Å². The van der Waals surface area contributed by atoms with Crippen LogP contribution in [0.1, 0.15) is 11.1 Å². The van der Waals surface area contributed by atoms with Crippen LogP contribution in [0.5, 0.6) is 23.0 Å². The van der Waals surface area contributed by atoms with Crippen LogP contribution in [0.3, 0.4) is 0 Å². The fourth-order valence-corrected chi connectivity index (χ4v) is 3.18. The van der Waals surface area contributed by atoms with Crippen molar-refractivity contribution in [1.29, 1.82) is 0 Å². The van der Waals surface area contributed by atoms with Gasteiger partial charge in [0.2, 0.25) is 0 Å². The second kappa shape index (κ2) is 9.21. The molecule has 0 aliphatic carbocycles. The van der Waals surface area contributed by atoms with E-state index in [4.69, 9.17) is 18.9 Å². The average Bonchev–Trinajstić information content (AvgIpc) is 2.73. The van der Waals surface area contributed by atoms with Crippen LogP contribution in [0.15, 0.2) is 36.4 Å². The van der Waals surface area contributed by atoms with Crippen LogP contribution in [0.2, 0.25) is 0 Å². The summed E-state index contributed by atoms with van der Waals surface area (Å²) in [6.07, 6.45) is 1.39. The van der Waals surface area contributed by atoms with Gasteiger partial charge in [-0.25, -0.2) is 4.79 Å². The second-order valence-corrected chi connectivity index (χ2v) is 6.53. The summed E-state index contributed by atoms with van der Waals surface area (Å²) in [6, 6.07) is 11.2. The maximum absolute atomic E-state index is 12.2. The Morgan fingerprint density at radius 1 is 1.07 bits per heavy atom. The highest BCUT2D eigenvalue weighted by molar-refractivity contribution is 5.74. The number of benzene rings is 2. The summed E-state index contributed by atoms with van der Waals surface area (Å²) >= 11 is 0. The fraction of sp³-hybridized carbons (Fsp3) is 0.381. The van der Waals surface area contributed by atoms with E-state index in [1.807, 2.05) is 36.4 Å². The van der Waals surface area contributed by atoms with Gasteiger partial charge in [0.05, 0.1) is 27.4 Å². The summed E-state index contributed by atoms with van der Waals surface area (Å²) in [6.45, 7) is 0.960. The lowest BCUT2D eigenvalue weighted by Gasteiger charge is -2.26. The summed E-state index contributed by atoms with van der Waals surface area (Å²) < 4.78 is 21.5. The number of nitrogens with one attached hydrogen (secondary N) is 2. The van der Waals surface area contributed by atoms with Gasteiger partial charge in [0.15, 0.2) is 11.5 Å². The van der Waals surface area contributed by atoms with Gasteiger partial charge >= 0.3 is 6.03 Å². The Kier molecular flexibility index (Phi) is 6.47. The molecule has 3 rings (SSSR count). The highest BCUT2D eigenvalue weighted by Gasteiger charge is 2.21. The fourth-order valence-electron chi connectivity index (χ4n) is 3.18. The predicted molar refractivity (Wildman–Crippen MR) is 106 cm³/mol. The molecule has 2 amide bonds. The largest absolute Gasteiger partial charge is 0.497 e. The minimum absolute atomic E-state index is 0.0827. The minimum Gasteiger partial charge on any atom is -0.497 e. The van der Waals surface area contributed by atoms with Crippen molar-refractivity contribution in [2.24, 2.45) is 0 Å². The molecule has 0 saturated heterocycles. The van der Waals surface area contributed by atoms with E-state index in [9.17, 15) is 4.79 Å². The Hall–Kier alpha value is -3.09. The van der Waals surface area contributed by atoms with Crippen LogP contribution in [0.4, 0.5) is 4.79 Å². The second-order valence-electron chi connectivity index (χ2n) is 6.53. The first-order valence-electron chi connectivity index (χ1n) is 9.18. The van der Waals surface area contributed by atoms with Gasteiger partial charge in [-0.1, -0.05) is 6.07 Å². The van der Waals surface area contributed by atoms with Gasteiger partial charge in [0.1, 0.15) is 18.1 Å². The molecule has 0 bridgehead atoms. The van der Waals surface area contributed by atoms with Gasteiger partial charge in [-0.05, 0) is 54.3 Å². The van der Waals surface area contributed by atoms with E-state index in [0.717, 1.165) is 22.6 Å². The van der Waals surface area contributed by atoms with Crippen LogP contribution in [0.25, 0.3) is 0 Å². The lowest BCUT2D eigenvalue weighted by molar-refractivity contribution is 0.214. The van der Waals surface area contributed by atoms with E-state index in [-0.39, 0.29) is 12.1 Å². The first-order valence-corrected chi connectivity index (χ1v) is 9.18. The Morgan fingerprint density at radius 3 is 2.64 bits per heavy atom. The van der Waals surface area contributed by atoms with Gasteiger partial charge in [-0.2, -0.15) is 0 Å². The number of fused-ring (bicyclic) bond motifs is 1. The molecule has 0 unspecified atom stereocenters. The van der Waals surface area contributed by atoms with E-state index >= 15 is 0 Å². The summed E-state index contributed by atoms with van der Waals surface area (Å²) in [5.41, 5.74) is 2.08. The summed E-state index contributed by atoms with van der Waals surface area (Å²) in [5, 5.41) is 5.85. The molecule has 1 aliphatic heterocycles. The van der Waals surface area contributed by atoms with Crippen molar-refractivity contribution in [3.8, 4) is 23.0 Å². The van der Waals surface area contributed by atoms with Crippen molar-refractivity contribution in [3.05, 3.63) is 47.5 Å². The zero-order valence-corrected chi connectivity index (χ0v) is 16.4. The lowest BCUT2D eigenvalue weighted by Crippen LogP contribution is -2.47. The number of urea groups is 1. The number of rotatable bonds is 7. The molecule has 7 heteroatoms. The number of carbonyl (C=O) groups is 1. The Labute approximate surface area is 164 Å². The van der Waals surface area contributed by atoms with Crippen molar-refractivity contribution in [3.63, 3.8) is 0 Å². The molecule has 1 aliphatic rings. The predicted octanol–water partition coefficient (Wildman–Crippen LogP) is 2.56. The molecular formula is C21H26N2O5. The van der Waals surface area contributed by atoms with Crippen molar-refractivity contribution < 1.29 is 23.7 Å². The molecule has 2 N–H and O–H groups in total. The summed E-state index contributed by atoms with van der Waals surface area (Å²) in [5.74, 6) is 2.99. The smallest absolute Gasteiger partial charge is 0.315 e. The lowest BCUT2D eigenvalue weighted by atomic mass is 10.0. The Morgan fingerprint density at radius 2 is 1.89 bits per heavy atom. The Balaban J connectivity index is 1.47. The number of carbonyl (C=O) groups excluding carboxylic acids is 1. The number of methoxy groups -OCH3 is 3. The highest BCUT2D eigenvalue weighted by Crippen LogP contribution is 2.29. The zero-order chi connectivity index (χ0) is 19.9. The molecule has 28 heavy (non-hydrogen) atoms. The molecule has 7 nitrogen and oxygen atoms in total. The number of hydrogen-bond donors (Lipinski definition) is 2. The van der Waals surface area contributed by atoms with E-state index in [1.165, 1.54) is 0 Å². The van der Waals surface area contributed by atoms with Gasteiger partial charge in [-0.3, -0.25) is 0 Å². The summed E-state index contributed by atoms with van der Waals surface area (Å²) in [4.78, 5) is 12.2. The first kappa shape index (κ1) is 19.7. The monoisotopic (exact) mass is 386 g/mol. The highest BCUT2D eigenvalue weighted by atomic mass is 16.5. The third-order valence-electron chi connectivity index (χ3n) is 4.66. The number of ether oxygens (including phenoxy) is 4.